The summed E-state index contributed by atoms with van der Waals surface area (Å²) in [5.41, 5.74) is 12.6. The molecule has 22 unspecified atom stereocenters. The third-order valence-corrected chi connectivity index (χ3v) is 16.3. The summed E-state index contributed by atoms with van der Waals surface area (Å²) in [6, 6.07) is -3.66. The fraction of sp³-hybridized carbons (Fsp3) is 0.724. The van der Waals surface area contributed by atoms with Gasteiger partial charge in [0, 0.05) is 13.8 Å². The number of nitrogens with two attached hydrogens (primary N) is 2. The van der Waals surface area contributed by atoms with E-state index in [1.807, 2.05) is 0 Å². The summed E-state index contributed by atoms with van der Waals surface area (Å²) < 4.78 is 75.3. The van der Waals surface area contributed by atoms with Gasteiger partial charge >= 0.3 is 25.9 Å². The number of aliphatic carboxylic acids is 2. The van der Waals surface area contributed by atoms with Crippen molar-refractivity contribution < 1.29 is 136 Å². The lowest BCUT2D eigenvalue weighted by atomic mass is 9.85. The Balaban J connectivity index is 1.51. The summed E-state index contributed by atoms with van der Waals surface area (Å²) in [5.74, 6) is -6.65. The summed E-state index contributed by atoms with van der Waals surface area (Å²) >= 11 is 0. The number of phosphoric ester groups is 1. The molecule has 0 aliphatic carbocycles. The van der Waals surface area contributed by atoms with E-state index in [4.69, 9.17) is 63.1 Å². The number of carbonyl (C=O) groups excluding carboxylic acids is 4. The van der Waals surface area contributed by atoms with Crippen LogP contribution in [0.5, 0.6) is 0 Å². The number of aliphatic hydroxyl groups is 7. The number of allylic oxidation sites excluding steroid dienone is 8. The van der Waals surface area contributed by atoms with Crippen LogP contribution >= 0.6 is 7.82 Å². The highest BCUT2D eigenvalue weighted by Crippen LogP contribution is 2.49. The van der Waals surface area contributed by atoms with Crippen molar-refractivity contribution in [2.75, 3.05) is 19.8 Å². The molecule has 518 valence electrons. The molecule has 33 heteroatoms. The summed E-state index contributed by atoms with van der Waals surface area (Å²) in [6.07, 6.45) is -22.5. The van der Waals surface area contributed by atoms with E-state index in [0.29, 0.717) is 12.8 Å². The quantitative estimate of drug-likeness (QED) is 0.0303. The van der Waals surface area contributed by atoms with Gasteiger partial charge in [0.15, 0.2) is 55.7 Å². The molecule has 4 aliphatic heterocycles. The molecule has 32 nitrogen and oxygen atoms in total. The molecular weight excluding hydrogens is 1230 g/mol. The summed E-state index contributed by atoms with van der Waals surface area (Å²) in [4.78, 5) is 86.0. The molecule has 0 aromatic carbocycles. The van der Waals surface area contributed by atoms with E-state index in [9.17, 15) is 84.2 Å². The number of carboxylic acid groups (broad SMARTS) is 2. The molecule has 4 amide bonds. The van der Waals surface area contributed by atoms with Gasteiger partial charge in [-0.2, -0.15) is 0 Å². The molecule has 4 heterocycles. The van der Waals surface area contributed by atoms with Crippen LogP contribution < -0.4 is 22.1 Å². The van der Waals surface area contributed by atoms with E-state index in [1.165, 1.54) is 18.1 Å². The zero-order chi connectivity index (χ0) is 68.6. The lowest BCUT2D eigenvalue weighted by molar-refractivity contribution is -0.370. The van der Waals surface area contributed by atoms with Crippen LogP contribution in [0.4, 0.5) is 4.79 Å². The molecule has 4 rings (SSSR count). The second-order valence-corrected chi connectivity index (χ2v) is 25.5. The normalized spacial score (nSPS) is 34.3. The standard InChI is InChI=1S/C58H93N4O28P/c1-27(2)15-14-17-28(3)18-19-30(5)20-23-57(9,10)22-13-12-16-29(4)21-24-80-35(50(72)73)26-81-91(78,79)90-55-46(47(89-56(60)76)58(11,77)48(88-55)49(59)71)87-53-37(62-33(8)65)39(67)44(34(25-63)83-53)85-52-36(61-32(7)64)38(66)43(31(6)82-52)84-54-42(70)40(68)41(69)45(86-54)51(74)75/h13,15,18,21-22,31,34-48,52-55,63,66-70,77H,5,12,14,16-17,19-20,23-26H2,1-4,6-11H3,(H2,59,71)(H2,60,76)(H,61,64)(H,62,65)(H,72,73)(H,74,75)(H,78,79). The first kappa shape index (κ1) is 78.3. The van der Waals surface area contributed by atoms with E-state index in [-0.39, 0.29) is 12.0 Å². The van der Waals surface area contributed by atoms with E-state index >= 15 is 0 Å². The average Bonchev–Trinajstić information content (AvgIpc) is 0.764. The van der Waals surface area contributed by atoms with Crippen LogP contribution in [0.25, 0.3) is 0 Å². The van der Waals surface area contributed by atoms with Crippen LogP contribution in [0.15, 0.2) is 59.3 Å². The van der Waals surface area contributed by atoms with Gasteiger partial charge in [0.05, 0.1) is 25.9 Å². The molecule has 4 saturated heterocycles. The number of carboxylic acids is 2. The predicted molar refractivity (Wildman–Crippen MR) is 315 cm³/mol. The monoisotopic (exact) mass is 1320 g/mol. The van der Waals surface area contributed by atoms with Crippen molar-refractivity contribution >= 4 is 43.6 Å². The summed E-state index contributed by atoms with van der Waals surface area (Å²) in [7, 11) is -5.71. The second-order valence-electron chi connectivity index (χ2n) is 24.1. The molecule has 91 heavy (non-hydrogen) atoms. The Hall–Kier alpha value is -5.17. The van der Waals surface area contributed by atoms with Gasteiger partial charge in [0.2, 0.25) is 17.7 Å². The SMILES string of the molecule is C=C(CC=C(C)CCC=C(C)C)CCC(C)(C)C=CCCC(C)=CCOC(COP(=O)(O)OC1OC(C(N)=O)C(C)(O)C(OC(N)=O)C1OC1OC(CO)C(OC2OC(C)C(OC3OC(C(=O)O)C(O)C(O)C3O)C(O)C2NC(C)=O)C(O)C1NC(C)=O)C(=O)O. The third-order valence-electron chi connectivity index (χ3n) is 15.4. The number of hydrogen-bond donors (Lipinski definition) is 14. The molecule has 4 aliphatic rings. The molecule has 22 atom stereocenters. The zero-order valence-corrected chi connectivity index (χ0v) is 53.5. The van der Waals surface area contributed by atoms with Gasteiger partial charge in [-0.05, 0) is 91.9 Å². The smallest absolute Gasteiger partial charge is 0.474 e. The van der Waals surface area contributed by atoms with Crippen molar-refractivity contribution in [3.63, 3.8) is 0 Å². The maximum absolute atomic E-state index is 13.8. The van der Waals surface area contributed by atoms with Gasteiger partial charge in [0.1, 0.15) is 66.5 Å². The Morgan fingerprint density at radius 1 is 0.736 bits per heavy atom. The number of phosphoric acid groups is 1. The van der Waals surface area contributed by atoms with Crippen molar-refractivity contribution in [2.24, 2.45) is 16.9 Å². The minimum Gasteiger partial charge on any atom is -0.479 e. The molecule has 0 saturated carbocycles. The fourth-order valence-corrected chi connectivity index (χ4v) is 11.1. The van der Waals surface area contributed by atoms with Crippen LogP contribution in [0, 0.1) is 5.41 Å². The van der Waals surface area contributed by atoms with E-state index < -0.39 is 185 Å². The Morgan fingerprint density at radius 3 is 1.87 bits per heavy atom. The van der Waals surface area contributed by atoms with Crippen LogP contribution in [0.3, 0.4) is 0 Å². The first-order chi connectivity index (χ1) is 42.3. The topological polar surface area (TPSA) is 499 Å². The number of amides is 4. The maximum atomic E-state index is 13.8. The Kier molecular flexibility index (Phi) is 30.0. The van der Waals surface area contributed by atoms with Gasteiger partial charge in [-0.25, -0.2) is 18.9 Å². The average molecular weight is 1330 g/mol. The number of aliphatic hydroxyl groups excluding tert-OH is 6. The second kappa shape index (κ2) is 34.8. The maximum Gasteiger partial charge on any atom is 0.474 e. The number of carbonyl (C=O) groups is 6. The van der Waals surface area contributed by atoms with Crippen LogP contribution in [-0.2, 0) is 80.2 Å². The Bertz CT molecular complexity index is 2670. The minimum atomic E-state index is -5.71. The molecule has 4 fully saturated rings. The van der Waals surface area contributed by atoms with Crippen molar-refractivity contribution in [1.82, 2.24) is 10.6 Å². The highest BCUT2D eigenvalue weighted by molar-refractivity contribution is 7.47. The van der Waals surface area contributed by atoms with Crippen molar-refractivity contribution in [1.29, 1.82) is 0 Å². The molecule has 16 N–H and O–H groups in total. The van der Waals surface area contributed by atoms with Crippen LogP contribution in [0.2, 0.25) is 0 Å². The predicted octanol–water partition coefficient (Wildman–Crippen LogP) is -0.0160. The van der Waals surface area contributed by atoms with E-state index in [0.717, 1.165) is 64.0 Å². The molecule has 0 bridgehead atoms. The third kappa shape index (κ3) is 23.1. The highest BCUT2D eigenvalue weighted by Gasteiger charge is 2.62. The Morgan fingerprint density at radius 2 is 1.31 bits per heavy atom. The molecule has 0 aromatic rings. The minimum absolute atomic E-state index is 0.112. The number of ether oxygens (including phenoxy) is 9. The lowest BCUT2D eigenvalue weighted by Gasteiger charge is -2.51. The summed E-state index contributed by atoms with van der Waals surface area (Å²) in [5, 5.41) is 102. The van der Waals surface area contributed by atoms with Gasteiger partial charge in [-0.1, -0.05) is 73.1 Å². The molecule has 0 radical (unpaired) electrons. The Labute approximate surface area is 527 Å². The van der Waals surface area contributed by atoms with Gasteiger partial charge in [-0.3, -0.25) is 23.4 Å². The van der Waals surface area contributed by atoms with Crippen LogP contribution in [0.1, 0.15) is 114 Å². The largest absolute Gasteiger partial charge is 0.479 e. The first-order valence-electron chi connectivity index (χ1n) is 29.4. The number of hydrogen-bond acceptors (Lipinski definition) is 25. The van der Waals surface area contributed by atoms with Crippen LogP contribution in [-0.4, -0.2) is 235 Å². The number of rotatable bonds is 33. The first-order valence-corrected chi connectivity index (χ1v) is 30.9. The summed E-state index contributed by atoms with van der Waals surface area (Å²) in [6.45, 7) is 18.1. The van der Waals surface area contributed by atoms with Gasteiger partial charge < -0.3 is 116 Å². The molecular formula is C58H93N4O28P. The number of nitrogens with one attached hydrogen (secondary N) is 2. The van der Waals surface area contributed by atoms with Crippen molar-refractivity contribution in [2.45, 2.75) is 242 Å². The fourth-order valence-electron chi connectivity index (χ4n) is 10.3. The zero-order valence-electron chi connectivity index (χ0n) is 52.6. The number of primary amides is 2. The highest BCUT2D eigenvalue weighted by atomic mass is 31.2. The lowest BCUT2D eigenvalue weighted by Crippen LogP contribution is -2.72. The van der Waals surface area contributed by atoms with E-state index in [1.54, 1.807) is 13.0 Å². The van der Waals surface area contributed by atoms with E-state index in [2.05, 4.69) is 76.1 Å². The van der Waals surface area contributed by atoms with Crippen molar-refractivity contribution in [3.8, 4) is 0 Å². The van der Waals surface area contributed by atoms with Gasteiger partial charge in [0.25, 0.3) is 0 Å². The van der Waals surface area contributed by atoms with Gasteiger partial charge in [-0.15, -0.1) is 0 Å². The molecule has 0 spiro atoms. The van der Waals surface area contributed by atoms with Crippen molar-refractivity contribution in [3.05, 3.63) is 59.3 Å². The molecule has 0 aromatic heterocycles.